The van der Waals surface area contributed by atoms with Gasteiger partial charge in [0.2, 0.25) is 5.75 Å². The van der Waals surface area contributed by atoms with Crippen molar-refractivity contribution in [1.82, 2.24) is 9.88 Å². The summed E-state index contributed by atoms with van der Waals surface area (Å²) in [5.41, 5.74) is 1.88. The van der Waals surface area contributed by atoms with Crippen LogP contribution in [-0.4, -0.2) is 55.4 Å². The van der Waals surface area contributed by atoms with Crippen LogP contribution in [0.2, 0.25) is 0 Å². The Morgan fingerprint density at radius 2 is 1.77 bits per heavy atom. The van der Waals surface area contributed by atoms with Crippen molar-refractivity contribution < 1.29 is 24.1 Å². The Bertz CT molecular complexity index is 1040. The quantitative estimate of drug-likeness (QED) is 0.587. The Morgan fingerprint density at radius 3 is 2.39 bits per heavy atom. The van der Waals surface area contributed by atoms with E-state index in [1.165, 1.54) is 0 Å². The SMILES string of the molecule is COc1ccc(C(c2nc3ccccc3s2)N2CCC(C(=O)O)CC2)c(OC)c1OC. The van der Waals surface area contributed by atoms with Gasteiger partial charge in [-0.1, -0.05) is 12.1 Å². The first-order valence-electron chi connectivity index (χ1n) is 10.2. The van der Waals surface area contributed by atoms with E-state index in [4.69, 9.17) is 19.2 Å². The van der Waals surface area contributed by atoms with E-state index in [0.29, 0.717) is 43.2 Å². The molecule has 1 saturated heterocycles. The molecule has 0 aliphatic carbocycles. The molecular formula is C23H26N2O5S. The van der Waals surface area contributed by atoms with Crippen molar-refractivity contribution >= 4 is 27.5 Å². The van der Waals surface area contributed by atoms with Crippen molar-refractivity contribution in [3.05, 3.63) is 47.0 Å². The molecule has 1 N–H and O–H groups in total. The zero-order chi connectivity index (χ0) is 22.0. The summed E-state index contributed by atoms with van der Waals surface area (Å²) in [6.07, 6.45) is 1.21. The summed E-state index contributed by atoms with van der Waals surface area (Å²) in [5, 5.41) is 10.4. The smallest absolute Gasteiger partial charge is 0.306 e. The fourth-order valence-electron chi connectivity index (χ4n) is 4.24. The van der Waals surface area contributed by atoms with Gasteiger partial charge in [-0.25, -0.2) is 4.98 Å². The highest BCUT2D eigenvalue weighted by Gasteiger charge is 2.34. The molecular weight excluding hydrogens is 416 g/mol. The summed E-state index contributed by atoms with van der Waals surface area (Å²) >= 11 is 1.65. The highest BCUT2D eigenvalue weighted by atomic mass is 32.1. The van der Waals surface area contributed by atoms with Gasteiger partial charge in [-0.3, -0.25) is 9.69 Å². The van der Waals surface area contributed by atoms with Crippen LogP contribution >= 0.6 is 11.3 Å². The van der Waals surface area contributed by atoms with E-state index in [-0.39, 0.29) is 12.0 Å². The number of methoxy groups -OCH3 is 3. The van der Waals surface area contributed by atoms with Gasteiger partial charge in [-0.15, -0.1) is 11.3 Å². The molecule has 1 unspecified atom stereocenters. The number of nitrogens with zero attached hydrogens (tertiary/aromatic N) is 2. The molecule has 1 aliphatic rings. The molecule has 1 aromatic heterocycles. The Morgan fingerprint density at radius 1 is 1.06 bits per heavy atom. The second-order valence-electron chi connectivity index (χ2n) is 7.49. The number of hydrogen-bond acceptors (Lipinski definition) is 7. The second-order valence-corrected chi connectivity index (χ2v) is 8.56. The van der Waals surface area contributed by atoms with Crippen molar-refractivity contribution in [3.63, 3.8) is 0 Å². The molecule has 1 aliphatic heterocycles. The topological polar surface area (TPSA) is 81.1 Å². The van der Waals surface area contributed by atoms with Gasteiger partial charge in [-0.2, -0.15) is 0 Å². The summed E-state index contributed by atoms with van der Waals surface area (Å²) in [5.74, 6) is 0.704. The van der Waals surface area contributed by atoms with Gasteiger partial charge in [0.15, 0.2) is 11.5 Å². The summed E-state index contributed by atoms with van der Waals surface area (Å²) in [6, 6.07) is 11.7. The number of carboxylic acid groups (broad SMARTS) is 1. The second kappa shape index (κ2) is 9.11. The maximum Gasteiger partial charge on any atom is 0.306 e. The molecule has 4 rings (SSSR count). The first kappa shape index (κ1) is 21.4. The monoisotopic (exact) mass is 442 g/mol. The fourth-order valence-corrected chi connectivity index (χ4v) is 5.36. The van der Waals surface area contributed by atoms with Gasteiger partial charge in [0.05, 0.1) is 43.5 Å². The molecule has 3 aromatic rings. The summed E-state index contributed by atoms with van der Waals surface area (Å²) in [4.78, 5) is 18.7. The van der Waals surface area contributed by atoms with Gasteiger partial charge in [0, 0.05) is 5.56 Å². The highest BCUT2D eigenvalue weighted by molar-refractivity contribution is 7.18. The van der Waals surface area contributed by atoms with Crippen molar-refractivity contribution in [2.75, 3.05) is 34.4 Å². The number of carboxylic acids is 1. The zero-order valence-corrected chi connectivity index (χ0v) is 18.6. The summed E-state index contributed by atoms with van der Waals surface area (Å²) < 4.78 is 18.0. The number of hydrogen-bond donors (Lipinski definition) is 1. The van der Waals surface area contributed by atoms with Crippen LogP contribution < -0.4 is 14.2 Å². The number of fused-ring (bicyclic) bond motifs is 1. The molecule has 0 amide bonds. The molecule has 0 radical (unpaired) electrons. The standard InChI is InChI=1S/C23H26N2O5S/c1-28-17-9-8-15(20(29-2)21(17)30-3)19(25-12-10-14(11-13-25)23(26)27)22-24-16-6-4-5-7-18(16)31-22/h4-9,14,19H,10-13H2,1-3H3,(H,26,27). The van der Waals surface area contributed by atoms with E-state index in [1.54, 1.807) is 32.7 Å². The van der Waals surface area contributed by atoms with Crippen molar-refractivity contribution in [2.45, 2.75) is 18.9 Å². The zero-order valence-electron chi connectivity index (χ0n) is 17.8. The minimum atomic E-state index is -0.722. The first-order valence-corrected chi connectivity index (χ1v) is 11.0. The third-order valence-corrected chi connectivity index (χ3v) is 6.91. The van der Waals surface area contributed by atoms with Crippen LogP contribution in [0, 0.1) is 5.92 Å². The molecule has 2 heterocycles. The molecule has 8 heteroatoms. The third-order valence-electron chi connectivity index (χ3n) is 5.82. The lowest BCUT2D eigenvalue weighted by Gasteiger charge is -2.36. The van der Waals surface area contributed by atoms with Crippen LogP contribution in [0.25, 0.3) is 10.2 Å². The van der Waals surface area contributed by atoms with Crippen LogP contribution in [0.15, 0.2) is 36.4 Å². The van der Waals surface area contributed by atoms with Crippen molar-refractivity contribution in [1.29, 1.82) is 0 Å². The molecule has 0 spiro atoms. The Labute approximate surface area is 185 Å². The number of thiazole rings is 1. The third kappa shape index (κ3) is 4.05. The number of rotatable bonds is 7. The van der Waals surface area contributed by atoms with Gasteiger partial charge < -0.3 is 19.3 Å². The number of carbonyl (C=O) groups is 1. The average Bonchev–Trinajstić information content (AvgIpc) is 3.22. The number of aromatic nitrogens is 1. The number of ether oxygens (including phenoxy) is 3. The van der Waals surface area contributed by atoms with Gasteiger partial charge in [-0.05, 0) is 50.2 Å². The molecule has 0 bridgehead atoms. The molecule has 1 atom stereocenters. The number of benzene rings is 2. The lowest BCUT2D eigenvalue weighted by atomic mass is 9.94. The Kier molecular flexibility index (Phi) is 6.29. The lowest BCUT2D eigenvalue weighted by Crippen LogP contribution is -2.39. The summed E-state index contributed by atoms with van der Waals surface area (Å²) in [7, 11) is 4.81. The molecule has 0 saturated carbocycles. The van der Waals surface area contributed by atoms with Crippen LogP contribution in [0.4, 0.5) is 0 Å². The van der Waals surface area contributed by atoms with Gasteiger partial charge >= 0.3 is 5.97 Å². The van der Waals surface area contributed by atoms with Gasteiger partial charge in [0.25, 0.3) is 0 Å². The number of para-hydroxylation sites is 1. The maximum absolute atomic E-state index is 11.5. The normalized spacial score (nSPS) is 16.2. The van der Waals surface area contributed by atoms with E-state index in [1.807, 2.05) is 30.3 Å². The Hall–Kier alpha value is -2.84. The lowest BCUT2D eigenvalue weighted by molar-refractivity contribution is -0.143. The number of likely N-dealkylation sites (tertiary alicyclic amines) is 1. The highest BCUT2D eigenvalue weighted by Crippen LogP contribution is 2.46. The minimum Gasteiger partial charge on any atom is -0.493 e. The van der Waals surface area contributed by atoms with Crippen LogP contribution in [-0.2, 0) is 4.79 Å². The molecule has 1 fully saturated rings. The molecule has 164 valence electrons. The molecule has 31 heavy (non-hydrogen) atoms. The number of aliphatic carboxylic acids is 1. The van der Waals surface area contributed by atoms with E-state index >= 15 is 0 Å². The molecule has 7 nitrogen and oxygen atoms in total. The minimum absolute atomic E-state index is 0.179. The van der Waals surface area contributed by atoms with Crippen LogP contribution in [0.1, 0.15) is 29.5 Å². The first-order chi connectivity index (χ1) is 15.1. The van der Waals surface area contributed by atoms with Crippen LogP contribution in [0.5, 0.6) is 17.2 Å². The fraction of sp³-hybridized carbons (Fsp3) is 0.391. The van der Waals surface area contributed by atoms with E-state index < -0.39 is 5.97 Å². The van der Waals surface area contributed by atoms with E-state index in [9.17, 15) is 9.90 Å². The Balaban J connectivity index is 1.82. The van der Waals surface area contributed by atoms with Crippen molar-refractivity contribution in [3.8, 4) is 17.2 Å². The van der Waals surface area contributed by atoms with Crippen molar-refractivity contribution in [2.24, 2.45) is 5.92 Å². The summed E-state index contributed by atoms with van der Waals surface area (Å²) in [6.45, 7) is 1.32. The molecule has 2 aromatic carbocycles. The van der Waals surface area contributed by atoms with Gasteiger partial charge in [0.1, 0.15) is 5.01 Å². The predicted octanol–water partition coefficient (Wildman–Crippen LogP) is 4.21. The van der Waals surface area contributed by atoms with Crippen LogP contribution in [0.3, 0.4) is 0 Å². The largest absolute Gasteiger partial charge is 0.493 e. The average molecular weight is 443 g/mol. The van der Waals surface area contributed by atoms with E-state index in [2.05, 4.69) is 11.0 Å². The maximum atomic E-state index is 11.5. The number of piperidine rings is 1. The predicted molar refractivity (Wildman–Crippen MR) is 119 cm³/mol. The van der Waals surface area contributed by atoms with E-state index in [0.717, 1.165) is 20.8 Å².